The van der Waals surface area contributed by atoms with Crippen molar-refractivity contribution in [3.8, 4) is 11.1 Å². The summed E-state index contributed by atoms with van der Waals surface area (Å²) in [6, 6.07) is 26.7. The number of aryl methyl sites for hydroxylation is 2. The molecule has 162 valence electrons. The van der Waals surface area contributed by atoms with Gasteiger partial charge in [0.05, 0.1) is 0 Å². The van der Waals surface area contributed by atoms with E-state index in [-0.39, 0.29) is 0 Å². The van der Waals surface area contributed by atoms with Gasteiger partial charge in [0.25, 0.3) is 0 Å². The van der Waals surface area contributed by atoms with E-state index in [1.807, 2.05) is 12.1 Å². The van der Waals surface area contributed by atoms with Crippen molar-refractivity contribution in [2.24, 2.45) is 5.92 Å². The van der Waals surface area contributed by atoms with E-state index in [2.05, 4.69) is 67.6 Å². The van der Waals surface area contributed by atoms with Crippen molar-refractivity contribution >= 4 is 11.6 Å². The first-order chi connectivity index (χ1) is 15.2. The maximum Gasteiger partial charge on any atom is 0.0406 e. The first-order valence-electron chi connectivity index (χ1n) is 12.1. The first kappa shape index (κ1) is 22.2. The molecule has 0 aliphatic heterocycles. The number of hydrogen-bond donors (Lipinski definition) is 0. The lowest BCUT2D eigenvalue weighted by molar-refractivity contribution is 0.310. The molecular weight excluding hydrogens is 396 g/mol. The summed E-state index contributed by atoms with van der Waals surface area (Å²) in [6.45, 7) is 2.27. The lowest BCUT2D eigenvalue weighted by Gasteiger charge is -2.29. The second-order valence-corrected chi connectivity index (χ2v) is 9.74. The molecule has 0 atom stereocenters. The van der Waals surface area contributed by atoms with Gasteiger partial charge in [-0.05, 0) is 103 Å². The number of rotatable bonds is 8. The van der Waals surface area contributed by atoms with Gasteiger partial charge in [-0.2, -0.15) is 0 Å². The molecule has 1 aliphatic rings. The molecule has 1 fully saturated rings. The van der Waals surface area contributed by atoms with Crippen LogP contribution in [0.1, 0.15) is 74.5 Å². The third-order valence-electron chi connectivity index (χ3n) is 7.09. The van der Waals surface area contributed by atoms with E-state index in [1.54, 1.807) is 5.56 Å². The standard InChI is InChI=1S/C30H35Cl/c1-2-3-4-23-7-13-26(14-8-23)27-15-9-24(10-16-27)5-6-25-11-17-28(18-12-25)29-19-21-30(31)22-20-29/h7-8,11-14,17-22,24,27H,2-6,9-10,15-16H2,1H3. The molecule has 0 aromatic heterocycles. The van der Waals surface area contributed by atoms with Crippen LogP contribution in [0.4, 0.5) is 0 Å². The van der Waals surface area contributed by atoms with Gasteiger partial charge in [0.2, 0.25) is 0 Å². The molecule has 0 heterocycles. The Labute approximate surface area is 193 Å². The zero-order valence-electron chi connectivity index (χ0n) is 18.8. The average molecular weight is 431 g/mol. The summed E-state index contributed by atoms with van der Waals surface area (Å²) in [5.74, 6) is 1.66. The summed E-state index contributed by atoms with van der Waals surface area (Å²) in [4.78, 5) is 0. The normalized spacial score (nSPS) is 18.8. The molecule has 3 aromatic carbocycles. The quantitative estimate of drug-likeness (QED) is 0.334. The van der Waals surface area contributed by atoms with Gasteiger partial charge in [0.15, 0.2) is 0 Å². The van der Waals surface area contributed by atoms with Crippen LogP contribution in [0.5, 0.6) is 0 Å². The van der Waals surface area contributed by atoms with Gasteiger partial charge in [0, 0.05) is 5.02 Å². The number of hydrogen-bond acceptors (Lipinski definition) is 0. The maximum atomic E-state index is 6.01. The SMILES string of the molecule is CCCCc1ccc(C2CCC(CCc3ccc(-c4ccc(Cl)cc4)cc3)CC2)cc1. The smallest absolute Gasteiger partial charge is 0.0406 e. The van der Waals surface area contributed by atoms with Gasteiger partial charge < -0.3 is 0 Å². The summed E-state index contributed by atoms with van der Waals surface area (Å²) in [6.07, 6.45) is 11.8. The minimum atomic E-state index is 0.773. The van der Waals surface area contributed by atoms with Crippen molar-refractivity contribution in [1.82, 2.24) is 0 Å². The molecule has 0 spiro atoms. The average Bonchev–Trinajstić information content (AvgIpc) is 2.83. The Kier molecular flexibility index (Phi) is 7.86. The van der Waals surface area contributed by atoms with Crippen molar-refractivity contribution in [2.45, 2.75) is 70.6 Å². The monoisotopic (exact) mass is 430 g/mol. The third kappa shape index (κ3) is 6.23. The molecule has 1 aliphatic carbocycles. The Bertz CT molecular complexity index is 914. The van der Waals surface area contributed by atoms with E-state index in [0.29, 0.717) is 0 Å². The van der Waals surface area contributed by atoms with Gasteiger partial charge in [-0.3, -0.25) is 0 Å². The molecule has 1 saturated carbocycles. The summed E-state index contributed by atoms with van der Waals surface area (Å²) in [7, 11) is 0. The highest BCUT2D eigenvalue weighted by molar-refractivity contribution is 6.30. The van der Waals surface area contributed by atoms with Gasteiger partial charge in [-0.15, -0.1) is 0 Å². The molecule has 0 nitrogen and oxygen atoms in total. The van der Waals surface area contributed by atoms with Crippen LogP contribution in [0.15, 0.2) is 72.8 Å². The van der Waals surface area contributed by atoms with Crippen LogP contribution in [0.3, 0.4) is 0 Å². The van der Waals surface area contributed by atoms with Crippen molar-refractivity contribution in [1.29, 1.82) is 0 Å². The Hall–Kier alpha value is -2.05. The summed E-state index contributed by atoms with van der Waals surface area (Å²) >= 11 is 6.01. The molecule has 4 rings (SSSR count). The fourth-order valence-corrected chi connectivity index (χ4v) is 5.12. The fraction of sp³-hybridized carbons (Fsp3) is 0.400. The van der Waals surface area contributed by atoms with Crippen LogP contribution in [0.25, 0.3) is 11.1 Å². The highest BCUT2D eigenvalue weighted by atomic mass is 35.5. The van der Waals surface area contributed by atoms with Gasteiger partial charge in [-0.1, -0.05) is 85.6 Å². The van der Waals surface area contributed by atoms with Crippen LogP contribution in [-0.2, 0) is 12.8 Å². The molecule has 0 radical (unpaired) electrons. The predicted octanol–water partition coefficient (Wildman–Crippen LogP) is 9.26. The van der Waals surface area contributed by atoms with Gasteiger partial charge in [0.1, 0.15) is 0 Å². The molecule has 0 unspecified atom stereocenters. The minimum Gasteiger partial charge on any atom is -0.0843 e. The molecule has 0 saturated heterocycles. The minimum absolute atomic E-state index is 0.773. The lowest BCUT2D eigenvalue weighted by atomic mass is 9.76. The van der Waals surface area contributed by atoms with E-state index in [9.17, 15) is 0 Å². The van der Waals surface area contributed by atoms with E-state index < -0.39 is 0 Å². The van der Waals surface area contributed by atoms with E-state index in [4.69, 9.17) is 11.6 Å². The highest BCUT2D eigenvalue weighted by Gasteiger charge is 2.22. The van der Waals surface area contributed by atoms with Crippen LogP contribution in [0, 0.1) is 5.92 Å². The summed E-state index contributed by atoms with van der Waals surface area (Å²) in [5, 5.41) is 0.791. The fourth-order valence-electron chi connectivity index (χ4n) is 5.00. The Morgan fingerprint density at radius 3 is 1.84 bits per heavy atom. The van der Waals surface area contributed by atoms with Crippen molar-refractivity contribution < 1.29 is 0 Å². The zero-order chi connectivity index (χ0) is 21.5. The van der Waals surface area contributed by atoms with Crippen molar-refractivity contribution in [3.63, 3.8) is 0 Å². The van der Waals surface area contributed by atoms with Crippen LogP contribution in [0.2, 0.25) is 5.02 Å². The molecular formula is C30H35Cl. The molecule has 1 heteroatoms. The largest absolute Gasteiger partial charge is 0.0843 e. The Morgan fingerprint density at radius 1 is 0.677 bits per heavy atom. The zero-order valence-corrected chi connectivity index (χ0v) is 19.6. The second kappa shape index (κ2) is 11.0. The first-order valence-corrected chi connectivity index (χ1v) is 12.5. The van der Waals surface area contributed by atoms with Gasteiger partial charge in [-0.25, -0.2) is 0 Å². The van der Waals surface area contributed by atoms with E-state index in [1.165, 1.54) is 80.0 Å². The van der Waals surface area contributed by atoms with Crippen molar-refractivity contribution in [2.75, 3.05) is 0 Å². The van der Waals surface area contributed by atoms with Crippen molar-refractivity contribution in [3.05, 3.63) is 94.5 Å². The van der Waals surface area contributed by atoms with Crippen LogP contribution >= 0.6 is 11.6 Å². The Balaban J connectivity index is 1.23. The second-order valence-electron chi connectivity index (χ2n) is 9.31. The van der Waals surface area contributed by atoms with E-state index >= 15 is 0 Å². The molecule has 3 aromatic rings. The third-order valence-corrected chi connectivity index (χ3v) is 7.34. The molecule has 0 amide bonds. The lowest BCUT2D eigenvalue weighted by Crippen LogP contribution is -2.14. The van der Waals surface area contributed by atoms with Crippen LogP contribution < -0.4 is 0 Å². The number of unbranched alkanes of at least 4 members (excludes halogenated alkanes) is 1. The Morgan fingerprint density at radius 2 is 1.23 bits per heavy atom. The van der Waals surface area contributed by atoms with E-state index in [0.717, 1.165) is 16.9 Å². The van der Waals surface area contributed by atoms with Crippen LogP contribution in [-0.4, -0.2) is 0 Å². The number of benzene rings is 3. The maximum absolute atomic E-state index is 6.01. The topological polar surface area (TPSA) is 0 Å². The number of halogens is 1. The molecule has 31 heavy (non-hydrogen) atoms. The molecule has 0 bridgehead atoms. The predicted molar refractivity (Wildman–Crippen MR) is 135 cm³/mol. The highest BCUT2D eigenvalue weighted by Crippen LogP contribution is 2.37. The molecule has 0 N–H and O–H groups in total. The summed E-state index contributed by atoms with van der Waals surface area (Å²) < 4.78 is 0. The summed E-state index contributed by atoms with van der Waals surface area (Å²) in [5.41, 5.74) is 7.02. The van der Waals surface area contributed by atoms with Gasteiger partial charge >= 0.3 is 0 Å².